The molecule has 0 saturated carbocycles. The van der Waals surface area contributed by atoms with E-state index >= 15 is 0 Å². The summed E-state index contributed by atoms with van der Waals surface area (Å²) in [5, 5.41) is 49.4. The van der Waals surface area contributed by atoms with E-state index in [1.807, 2.05) is 72.8 Å². The van der Waals surface area contributed by atoms with E-state index in [0.717, 1.165) is 68.5 Å². The molecule has 0 aliphatic carbocycles. The smallest absolute Gasteiger partial charge is 0.131 e. The van der Waals surface area contributed by atoms with Crippen LogP contribution in [0.15, 0.2) is 158 Å². The zero-order valence-corrected chi connectivity index (χ0v) is 44.6. The van der Waals surface area contributed by atoms with E-state index in [4.69, 9.17) is 0 Å². The van der Waals surface area contributed by atoms with Crippen LogP contribution in [0.4, 0.5) is 0 Å². The second-order valence-electron chi connectivity index (χ2n) is 24.0. The standard InChI is InChI=1S/C68H74O4/c1-65(2,3)51-35-49(31-29-43-21-15-13-16-22-43)61(69)57(39-51)59-41-53(67(7,8)9)37-55(63(59)71)47-27-19-25-45(33-47)46-26-20-28-48(34-46)56-38-54(68(10,11)12)42-60(64(56)72)58-40-52(66(4,5)6)36-50(62(58)70)32-30-44-23-17-14-18-24-44/h13-28,33-42,69-72H,29-32H2,1-12H3. The lowest BCUT2D eigenvalue weighted by Crippen LogP contribution is -2.13. The Hall–Kier alpha value is -7.04. The Labute approximate surface area is 429 Å². The topological polar surface area (TPSA) is 80.9 Å². The van der Waals surface area contributed by atoms with Crippen LogP contribution >= 0.6 is 0 Å². The Morgan fingerprint density at radius 1 is 0.264 bits per heavy atom. The van der Waals surface area contributed by atoms with Crippen molar-refractivity contribution in [3.8, 4) is 78.6 Å². The molecule has 0 spiro atoms. The fourth-order valence-electron chi connectivity index (χ4n) is 9.61. The molecule has 0 unspecified atom stereocenters. The molecule has 0 fully saturated rings. The van der Waals surface area contributed by atoms with Crippen molar-refractivity contribution >= 4 is 0 Å². The molecule has 0 heterocycles. The second kappa shape index (κ2) is 19.9. The van der Waals surface area contributed by atoms with Gasteiger partial charge < -0.3 is 20.4 Å². The number of benzene rings is 8. The van der Waals surface area contributed by atoms with Gasteiger partial charge in [0.2, 0.25) is 0 Å². The first-order valence-corrected chi connectivity index (χ1v) is 25.6. The summed E-state index contributed by atoms with van der Waals surface area (Å²) in [4.78, 5) is 0. The fraction of sp³-hybridized carbons (Fsp3) is 0.294. The maximum atomic E-state index is 12.5. The Kier molecular flexibility index (Phi) is 14.2. The Morgan fingerprint density at radius 3 is 0.861 bits per heavy atom. The number of phenols is 4. The molecular formula is C68H74O4. The molecule has 0 bridgehead atoms. The molecule has 4 N–H and O–H groups in total. The zero-order valence-electron chi connectivity index (χ0n) is 44.6. The lowest BCUT2D eigenvalue weighted by atomic mass is 9.80. The van der Waals surface area contributed by atoms with E-state index in [1.54, 1.807) is 0 Å². The van der Waals surface area contributed by atoms with Gasteiger partial charge >= 0.3 is 0 Å². The lowest BCUT2D eigenvalue weighted by molar-refractivity contribution is 0.463. The van der Waals surface area contributed by atoms with Crippen molar-refractivity contribution in [1.29, 1.82) is 0 Å². The summed E-state index contributed by atoms with van der Waals surface area (Å²) in [5.41, 5.74) is 14.8. The summed E-state index contributed by atoms with van der Waals surface area (Å²) in [7, 11) is 0. The minimum absolute atomic E-state index is 0.114. The summed E-state index contributed by atoms with van der Waals surface area (Å²) in [6.07, 6.45) is 2.87. The van der Waals surface area contributed by atoms with Gasteiger partial charge in [-0.05, 0) is 163 Å². The Bertz CT molecular complexity index is 3020. The predicted molar refractivity (Wildman–Crippen MR) is 303 cm³/mol. The highest BCUT2D eigenvalue weighted by Gasteiger charge is 2.28. The van der Waals surface area contributed by atoms with E-state index in [1.165, 1.54) is 11.1 Å². The number of rotatable bonds is 11. The van der Waals surface area contributed by atoms with Crippen LogP contribution in [0.2, 0.25) is 0 Å². The van der Waals surface area contributed by atoms with Crippen LogP contribution in [-0.4, -0.2) is 20.4 Å². The molecule has 0 aliphatic rings. The van der Waals surface area contributed by atoms with Gasteiger partial charge in [0.15, 0.2) is 0 Å². The Balaban J connectivity index is 1.23. The normalized spacial score (nSPS) is 12.3. The summed E-state index contributed by atoms with van der Waals surface area (Å²) >= 11 is 0. The van der Waals surface area contributed by atoms with E-state index in [9.17, 15) is 20.4 Å². The molecule has 8 aromatic rings. The van der Waals surface area contributed by atoms with Crippen molar-refractivity contribution in [2.24, 2.45) is 0 Å². The van der Waals surface area contributed by atoms with Gasteiger partial charge in [-0.25, -0.2) is 0 Å². The number of hydrogen-bond acceptors (Lipinski definition) is 4. The molecule has 0 radical (unpaired) electrons. The van der Waals surface area contributed by atoms with Crippen LogP contribution in [0.3, 0.4) is 0 Å². The van der Waals surface area contributed by atoms with Crippen LogP contribution in [0.25, 0.3) is 55.6 Å². The second-order valence-corrected chi connectivity index (χ2v) is 24.0. The minimum Gasteiger partial charge on any atom is -0.507 e. The minimum atomic E-state index is -0.270. The highest BCUT2D eigenvalue weighted by Crippen LogP contribution is 2.49. The van der Waals surface area contributed by atoms with Crippen molar-refractivity contribution in [1.82, 2.24) is 0 Å². The highest BCUT2D eigenvalue weighted by molar-refractivity contribution is 5.90. The van der Waals surface area contributed by atoms with Gasteiger partial charge in [-0.2, -0.15) is 0 Å². The number of phenolic OH excluding ortho intramolecular Hbond substituents is 4. The number of aromatic hydroxyl groups is 4. The van der Waals surface area contributed by atoms with Crippen molar-refractivity contribution in [2.45, 2.75) is 130 Å². The summed E-state index contributed by atoms with van der Waals surface area (Å²) in [6.45, 7) is 26.2. The monoisotopic (exact) mass is 955 g/mol. The van der Waals surface area contributed by atoms with Crippen LogP contribution in [0, 0.1) is 0 Å². The third kappa shape index (κ3) is 11.2. The van der Waals surface area contributed by atoms with Crippen molar-refractivity contribution in [3.63, 3.8) is 0 Å². The quantitative estimate of drug-likeness (QED) is 0.104. The average Bonchev–Trinajstić information content (AvgIpc) is 3.33. The van der Waals surface area contributed by atoms with Crippen LogP contribution in [0.5, 0.6) is 23.0 Å². The molecule has 0 atom stereocenters. The van der Waals surface area contributed by atoms with Crippen molar-refractivity contribution in [2.75, 3.05) is 0 Å². The first-order chi connectivity index (χ1) is 33.9. The van der Waals surface area contributed by atoms with Gasteiger partial charge in [0.1, 0.15) is 23.0 Å². The molecule has 0 aromatic heterocycles. The fourth-order valence-corrected chi connectivity index (χ4v) is 9.61. The van der Waals surface area contributed by atoms with E-state index < -0.39 is 0 Å². The van der Waals surface area contributed by atoms with Gasteiger partial charge in [0.05, 0.1) is 0 Å². The van der Waals surface area contributed by atoms with Crippen molar-refractivity contribution in [3.05, 3.63) is 202 Å². The van der Waals surface area contributed by atoms with E-state index in [2.05, 4.69) is 168 Å². The summed E-state index contributed by atoms with van der Waals surface area (Å²) < 4.78 is 0. The van der Waals surface area contributed by atoms with Gasteiger partial charge in [-0.1, -0.05) is 192 Å². The Morgan fingerprint density at radius 2 is 0.542 bits per heavy atom. The number of aryl methyl sites for hydroxylation is 4. The summed E-state index contributed by atoms with van der Waals surface area (Å²) in [6, 6.07) is 53.8. The molecular weight excluding hydrogens is 881 g/mol. The summed E-state index contributed by atoms with van der Waals surface area (Å²) in [5.74, 6) is 0.615. The molecule has 72 heavy (non-hydrogen) atoms. The SMILES string of the molecule is CC(C)(C)c1cc(CCc2ccccc2)c(O)c(-c2cc(C(C)(C)C)cc(-c3cccc(-c4cccc(-c5cc(C(C)(C)C)cc(-c6cc(C(C)(C)C)cc(CCc7ccccc7)c6O)c5O)c4)c3)c2O)c1. The average molecular weight is 955 g/mol. The molecule has 370 valence electrons. The van der Waals surface area contributed by atoms with Gasteiger partial charge in [-0.3, -0.25) is 0 Å². The largest absolute Gasteiger partial charge is 0.507 e. The predicted octanol–water partition coefficient (Wildman–Crippen LogP) is 17.6. The molecule has 0 aliphatic heterocycles. The van der Waals surface area contributed by atoms with Crippen LogP contribution in [0.1, 0.15) is 128 Å². The van der Waals surface area contributed by atoms with Crippen molar-refractivity contribution < 1.29 is 20.4 Å². The molecule has 8 aromatic carbocycles. The molecule has 8 rings (SSSR count). The van der Waals surface area contributed by atoms with Crippen LogP contribution in [-0.2, 0) is 47.3 Å². The van der Waals surface area contributed by atoms with Crippen LogP contribution < -0.4 is 0 Å². The molecule has 4 nitrogen and oxygen atoms in total. The van der Waals surface area contributed by atoms with Gasteiger partial charge in [0.25, 0.3) is 0 Å². The van der Waals surface area contributed by atoms with Gasteiger partial charge in [-0.15, -0.1) is 0 Å². The van der Waals surface area contributed by atoms with E-state index in [0.29, 0.717) is 46.2 Å². The zero-order chi connectivity index (χ0) is 51.9. The maximum Gasteiger partial charge on any atom is 0.131 e. The first kappa shape index (κ1) is 51.3. The molecule has 0 saturated heterocycles. The lowest BCUT2D eigenvalue weighted by Gasteiger charge is -2.26. The third-order valence-electron chi connectivity index (χ3n) is 14.4. The molecule has 0 amide bonds. The molecule has 4 heteroatoms. The number of hydrogen-bond donors (Lipinski definition) is 4. The maximum absolute atomic E-state index is 12.5. The highest BCUT2D eigenvalue weighted by atomic mass is 16.3. The third-order valence-corrected chi connectivity index (χ3v) is 14.4. The first-order valence-electron chi connectivity index (χ1n) is 25.6. The van der Waals surface area contributed by atoms with Gasteiger partial charge in [0, 0.05) is 33.4 Å². The van der Waals surface area contributed by atoms with E-state index in [-0.39, 0.29) is 44.7 Å².